The molecule has 0 aliphatic rings. The molecule has 4 aromatic carbocycles. The number of hydrogen-bond donors (Lipinski definition) is 5. The molecule has 2 atom stereocenters. The van der Waals surface area contributed by atoms with Gasteiger partial charge in [0.2, 0.25) is 10.0 Å². The van der Waals surface area contributed by atoms with Crippen LogP contribution in [0.25, 0.3) is 0 Å². The maximum absolute atomic E-state index is 14.1. The van der Waals surface area contributed by atoms with Crippen molar-refractivity contribution in [3.05, 3.63) is 120 Å². The minimum atomic E-state index is -4.03. The van der Waals surface area contributed by atoms with Crippen molar-refractivity contribution >= 4 is 45.0 Å². The summed E-state index contributed by atoms with van der Waals surface area (Å²) in [4.78, 5) is 39.1. The number of carbonyl (C=O) groups is 3. The first kappa shape index (κ1) is 40.5. The van der Waals surface area contributed by atoms with Gasteiger partial charge in [-0.2, -0.15) is 4.31 Å². The molecule has 0 heterocycles. The van der Waals surface area contributed by atoms with Crippen molar-refractivity contribution in [2.24, 2.45) is 5.92 Å². The molecular formula is C39H46FN5O7S. The molecule has 0 fully saturated rings. The summed E-state index contributed by atoms with van der Waals surface area (Å²) in [5, 5.41) is 19.5. The second kappa shape index (κ2) is 17.5. The van der Waals surface area contributed by atoms with Crippen LogP contribution in [0, 0.1) is 11.7 Å². The number of aliphatic hydroxyl groups is 1. The number of amides is 3. The Bertz CT molecular complexity index is 1990. The predicted octanol–water partition coefficient (Wildman–Crippen LogP) is 6.06. The Hall–Kier alpha value is -5.31. The summed E-state index contributed by atoms with van der Waals surface area (Å²) in [5.41, 5.74) is 6.60. The van der Waals surface area contributed by atoms with E-state index >= 15 is 0 Å². The number of rotatable bonds is 14. The number of benzene rings is 4. The van der Waals surface area contributed by atoms with Crippen molar-refractivity contribution in [1.82, 2.24) is 9.62 Å². The number of carbonyl (C=O) groups excluding carboxylic acids is 3. The highest BCUT2D eigenvalue weighted by Crippen LogP contribution is 2.25. The fourth-order valence-corrected chi connectivity index (χ4v) is 6.94. The molecule has 0 saturated heterocycles. The third kappa shape index (κ3) is 11.9. The van der Waals surface area contributed by atoms with Crippen molar-refractivity contribution in [3.63, 3.8) is 0 Å². The van der Waals surface area contributed by atoms with Crippen LogP contribution in [0.3, 0.4) is 0 Å². The number of aliphatic hydroxyl groups excluding tert-OH is 1. The molecular weight excluding hydrogens is 702 g/mol. The molecule has 4 aromatic rings. The number of hydrogen-bond acceptors (Lipinski definition) is 8. The maximum Gasteiger partial charge on any atom is 0.412 e. The van der Waals surface area contributed by atoms with Crippen molar-refractivity contribution < 1.29 is 37.0 Å². The molecule has 282 valence electrons. The van der Waals surface area contributed by atoms with Gasteiger partial charge in [0.25, 0.3) is 11.8 Å². The molecule has 3 amide bonds. The van der Waals surface area contributed by atoms with E-state index in [1.807, 2.05) is 44.2 Å². The molecule has 0 spiro atoms. The van der Waals surface area contributed by atoms with Crippen LogP contribution in [-0.2, 0) is 21.2 Å². The number of anilines is 3. The highest BCUT2D eigenvalue weighted by molar-refractivity contribution is 7.89. The van der Waals surface area contributed by atoms with Gasteiger partial charge in [-0.3, -0.25) is 14.9 Å². The normalized spacial score (nSPS) is 12.9. The predicted molar refractivity (Wildman–Crippen MR) is 203 cm³/mol. The minimum Gasteiger partial charge on any atom is -0.444 e. The van der Waals surface area contributed by atoms with Gasteiger partial charge in [-0.05, 0) is 105 Å². The van der Waals surface area contributed by atoms with E-state index in [4.69, 9.17) is 10.5 Å². The quantitative estimate of drug-likeness (QED) is 0.0967. The molecule has 14 heteroatoms. The standard InChI is InChI=1S/C39H46FN5O7S/c1-25(2)23-45(53(50,51)31-18-16-30(41)17-19-31)24-35(46)34(21-26-9-7-6-8-10-26)43-37(48)28-13-11-27(12-14-28)36(47)42-33-22-29(40)15-20-32(33)44-38(49)52-39(3,4)5/h6-20,22,25,34-35,46H,21,23-24,41H2,1-5H3,(H,42,47)(H,43,48)(H,44,49)/t34-,35+/m0/s1. The second-order valence-corrected chi connectivity index (χ2v) is 15.9. The van der Waals surface area contributed by atoms with E-state index in [0.29, 0.717) is 5.69 Å². The average Bonchev–Trinajstić information content (AvgIpc) is 3.08. The van der Waals surface area contributed by atoms with Gasteiger partial charge in [0.15, 0.2) is 0 Å². The highest BCUT2D eigenvalue weighted by atomic mass is 32.2. The van der Waals surface area contributed by atoms with E-state index in [0.717, 1.165) is 17.7 Å². The Kier molecular flexibility index (Phi) is 13.3. The van der Waals surface area contributed by atoms with E-state index < -0.39 is 51.5 Å². The van der Waals surface area contributed by atoms with Crippen LogP contribution < -0.4 is 21.7 Å². The summed E-state index contributed by atoms with van der Waals surface area (Å²) in [6.07, 6.45) is -1.91. The lowest BCUT2D eigenvalue weighted by Gasteiger charge is -2.31. The zero-order valence-corrected chi connectivity index (χ0v) is 31.1. The molecule has 0 bridgehead atoms. The largest absolute Gasteiger partial charge is 0.444 e. The third-order valence-electron chi connectivity index (χ3n) is 7.83. The number of ether oxygens (including phenoxy) is 1. The molecule has 4 rings (SSSR count). The van der Waals surface area contributed by atoms with E-state index in [9.17, 15) is 32.3 Å². The maximum atomic E-state index is 14.1. The Morgan fingerprint density at radius 3 is 2.02 bits per heavy atom. The van der Waals surface area contributed by atoms with Gasteiger partial charge in [0, 0.05) is 29.9 Å². The molecule has 6 N–H and O–H groups in total. The molecule has 0 aliphatic carbocycles. The van der Waals surface area contributed by atoms with E-state index in [-0.39, 0.29) is 52.8 Å². The van der Waals surface area contributed by atoms with Gasteiger partial charge in [-0.25, -0.2) is 17.6 Å². The lowest BCUT2D eigenvalue weighted by Crippen LogP contribution is -2.51. The molecule has 0 radical (unpaired) electrons. The smallest absolute Gasteiger partial charge is 0.412 e. The van der Waals surface area contributed by atoms with Crippen molar-refractivity contribution in [3.8, 4) is 0 Å². The first-order chi connectivity index (χ1) is 24.9. The van der Waals surface area contributed by atoms with Crippen LogP contribution in [0.4, 0.5) is 26.2 Å². The first-order valence-electron chi connectivity index (χ1n) is 17.0. The van der Waals surface area contributed by atoms with E-state index in [1.165, 1.54) is 58.9 Å². The van der Waals surface area contributed by atoms with Crippen LogP contribution in [0.5, 0.6) is 0 Å². The molecule has 0 unspecified atom stereocenters. The van der Waals surface area contributed by atoms with Gasteiger partial charge in [-0.1, -0.05) is 44.2 Å². The summed E-state index contributed by atoms with van der Waals surface area (Å²) in [6, 6.07) is 23.1. The first-order valence-corrected chi connectivity index (χ1v) is 18.4. The third-order valence-corrected chi connectivity index (χ3v) is 9.68. The summed E-state index contributed by atoms with van der Waals surface area (Å²) in [6.45, 7) is 8.61. The number of nitrogens with one attached hydrogen (secondary N) is 3. The second-order valence-electron chi connectivity index (χ2n) is 14.0. The number of nitrogens with two attached hydrogens (primary N) is 1. The van der Waals surface area contributed by atoms with E-state index in [2.05, 4.69) is 16.0 Å². The molecule has 0 saturated carbocycles. The number of nitrogen functional groups attached to an aromatic ring is 1. The zero-order chi connectivity index (χ0) is 38.9. The topological polar surface area (TPSA) is 180 Å². The van der Waals surface area contributed by atoms with Crippen LogP contribution in [0.15, 0.2) is 102 Å². The number of sulfonamides is 1. The van der Waals surface area contributed by atoms with Gasteiger partial charge in [0.1, 0.15) is 11.4 Å². The highest BCUT2D eigenvalue weighted by Gasteiger charge is 2.31. The Balaban J connectivity index is 1.51. The number of nitrogens with zero attached hydrogens (tertiary/aromatic N) is 1. The Morgan fingerprint density at radius 1 is 0.830 bits per heavy atom. The lowest BCUT2D eigenvalue weighted by atomic mass is 10.00. The monoisotopic (exact) mass is 747 g/mol. The SMILES string of the molecule is CC(C)CN(C[C@@H](O)[C@H](Cc1ccccc1)NC(=O)c1ccc(C(=O)Nc2cc(F)ccc2NC(=O)OC(C)(C)C)cc1)S(=O)(=O)c1ccc(N)cc1. The Labute approximate surface area is 309 Å². The lowest BCUT2D eigenvalue weighted by molar-refractivity contribution is 0.0635. The fraction of sp³-hybridized carbons (Fsp3) is 0.308. The average molecular weight is 748 g/mol. The van der Waals surface area contributed by atoms with Crippen LogP contribution in [0.1, 0.15) is 60.9 Å². The van der Waals surface area contributed by atoms with Gasteiger partial charge in [0.05, 0.1) is 28.4 Å². The van der Waals surface area contributed by atoms with Gasteiger partial charge >= 0.3 is 6.09 Å². The molecule has 12 nitrogen and oxygen atoms in total. The van der Waals surface area contributed by atoms with Crippen molar-refractivity contribution in [1.29, 1.82) is 0 Å². The summed E-state index contributed by atoms with van der Waals surface area (Å²) in [5.74, 6) is -1.93. The van der Waals surface area contributed by atoms with Crippen LogP contribution in [0.2, 0.25) is 0 Å². The van der Waals surface area contributed by atoms with Crippen molar-refractivity contribution in [2.45, 2.75) is 63.7 Å². The fourth-order valence-electron chi connectivity index (χ4n) is 5.32. The summed E-state index contributed by atoms with van der Waals surface area (Å²) in [7, 11) is -4.03. The molecule has 0 aromatic heterocycles. The minimum absolute atomic E-state index is 0.00894. The van der Waals surface area contributed by atoms with Gasteiger partial charge < -0.3 is 26.2 Å². The van der Waals surface area contributed by atoms with Crippen LogP contribution in [-0.4, -0.2) is 66.6 Å². The molecule has 53 heavy (non-hydrogen) atoms. The van der Waals surface area contributed by atoms with Gasteiger partial charge in [-0.15, -0.1) is 0 Å². The Morgan fingerprint density at radius 2 is 1.43 bits per heavy atom. The zero-order valence-electron chi connectivity index (χ0n) is 30.3. The van der Waals surface area contributed by atoms with E-state index in [1.54, 1.807) is 20.8 Å². The molecule has 0 aliphatic heterocycles. The number of halogens is 1. The van der Waals surface area contributed by atoms with Crippen molar-refractivity contribution in [2.75, 3.05) is 29.5 Å². The van der Waals surface area contributed by atoms with Crippen LogP contribution >= 0.6 is 0 Å². The summed E-state index contributed by atoms with van der Waals surface area (Å²) >= 11 is 0. The summed E-state index contributed by atoms with van der Waals surface area (Å²) < 4.78 is 48.0.